The summed E-state index contributed by atoms with van der Waals surface area (Å²) in [4.78, 5) is 2.47. The van der Waals surface area contributed by atoms with Crippen molar-refractivity contribution in [3.63, 3.8) is 0 Å². The first kappa shape index (κ1) is 8.82. The van der Waals surface area contributed by atoms with Gasteiger partial charge in [-0.25, -0.2) is 0 Å². The van der Waals surface area contributed by atoms with Gasteiger partial charge in [0.15, 0.2) is 0 Å². The van der Waals surface area contributed by atoms with Crippen molar-refractivity contribution in [3.8, 4) is 0 Å². The summed E-state index contributed by atoms with van der Waals surface area (Å²) in [6, 6.07) is 2.04. The third kappa shape index (κ3) is 1.94. The van der Waals surface area contributed by atoms with Crippen LogP contribution in [0.4, 0.5) is 0 Å². The van der Waals surface area contributed by atoms with Crippen LogP contribution in [-0.2, 0) is 6.54 Å². The van der Waals surface area contributed by atoms with Crippen molar-refractivity contribution in [2.75, 3.05) is 13.1 Å². The fourth-order valence-corrected chi connectivity index (χ4v) is 1.80. The molecule has 72 valence electrons. The zero-order valence-corrected chi connectivity index (χ0v) is 8.36. The molecule has 0 unspecified atom stereocenters. The molecule has 13 heavy (non-hydrogen) atoms. The van der Waals surface area contributed by atoms with Crippen LogP contribution >= 0.6 is 0 Å². The Morgan fingerprint density at radius 1 is 1.54 bits per heavy atom. The fraction of sp³-hybridized carbons (Fsp3) is 0.636. The van der Waals surface area contributed by atoms with Crippen LogP contribution in [-0.4, -0.2) is 18.0 Å². The lowest BCUT2D eigenvalue weighted by atomic mass is 9.88. The first-order valence-corrected chi connectivity index (χ1v) is 4.99. The Labute approximate surface area is 79.5 Å². The Morgan fingerprint density at radius 2 is 2.31 bits per heavy atom. The second-order valence-corrected chi connectivity index (χ2v) is 4.33. The summed E-state index contributed by atoms with van der Waals surface area (Å²) in [6.07, 6.45) is 3.58. The average Bonchev–Trinajstić information content (AvgIpc) is 2.46. The van der Waals surface area contributed by atoms with Crippen molar-refractivity contribution in [2.45, 2.75) is 20.4 Å². The van der Waals surface area contributed by atoms with Gasteiger partial charge in [-0.1, -0.05) is 13.8 Å². The fourth-order valence-electron chi connectivity index (χ4n) is 1.80. The normalized spacial score (nSPS) is 19.3. The van der Waals surface area contributed by atoms with Crippen LogP contribution in [0.25, 0.3) is 0 Å². The molecule has 1 saturated heterocycles. The molecule has 2 nitrogen and oxygen atoms in total. The van der Waals surface area contributed by atoms with E-state index in [1.807, 2.05) is 12.3 Å². The smallest absolute Gasteiger partial charge is 0.0947 e. The van der Waals surface area contributed by atoms with Gasteiger partial charge in [0.1, 0.15) is 0 Å². The molecule has 0 amide bonds. The minimum atomic E-state index is 0.834. The summed E-state index contributed by atoms with van der Waals surface area (Å²) in [6.45, 7) is 8.17. The van der Waals surface area contributed by atoms with E-state index in [2.05, 4.69) is 18.7 Å². The molecule has 0 atom stereocenters. The van der Waals surface area contributed by atoms with Gasteiger partial charge in [-0.2, -0.15) is 0 Å². The van der Waals surface area contributed by atoms with Crippen LogP contribution in [0.3, 0.4) is 0 Å². The minimum absolute atomic E-state index is 0.834. The zero-order chi connectivity index (χ0) is 9.26. The van der Waals surface area contributed by atoms with Gasteiger partial charge < -0.3 is 4.42 Å². The van der Waals surface area contributed by atoms with Gasteiger partial charge >= 0.3 is 0 Å². The number of likely N-dealkylation sites (tertiary alicyclic amines) is 1. The zero-order valence-electron chi connectivity index (χ0n) is 8.36. The van der Waals surface area contributed by atoms with Crippen LogP contribution in [0.2, 0.25) is 0 Å². The van der Waals surface area contributed by atoms with E-state index < -0.39 is 0 Å². The minimum Gasteiger partial charge on any atom is -0.472 e. The number of hydrogen-bond donors (Lipinski definition) is 0. The summed E-state index contributed by atoms with van der Waals surface area (Å²) in [5.41, 5.74) is 1.29. The summed E-state index contributed by atoms with van der Waals surface area (Å²) in [5.74, 6) is 1.74. The molecule has 2 rings (SSSR count). The van der Waals surface area contributed by atoms with Crippen molar-refractivity contribution in [2.24, 2.45) is 11.8 Å². The maximum Gasteiger partial charge on any atom is 0.0947 e. The molecule has 0 saturated carbocycles. The number of nitrogens with zero attached hydrogens (tertiary/aromatic N) is 1. The molecule has 2 heteroatoms. The first-order valence-electron chi connectivity index (χ1n) is 4.99. The quantitative estimate of drug-likeness (QED) is 0.708. The molecule has 0 N–H and O–H groups in total. The van der Waals surface area contributed by atoms with E-state index in [0.29, 0.717) is 0 Å². The lowest BCUT2D eigenvalue weighted by Crippen LogP contribution is -2.48. The third-order valence-electron chi connectivity index (χ3n) is 2.91. The second kappa shape index (κ2) is 3.54. The van der Waals surface area contributed by atoms with Crippen molar-refractivity contribution in [1.29, 1.82) is 0 Å². The molecule has 1 fully saturated rings. The summed E-state index contributed by atoms with van der Waals surface area (Å²) in [5, 5.41) is 0. The lowest BCUT2D eigenvalue weighted by molar-refractivity contribution is 0.0613. The van der Waals surface area contributed by atoms with Crippen molar-refractivity contribution in [1.82, 2.24) is 4.90 Å². The highest BCUT2D eigenvalue weighted by molar-refractivity contribution is 5.05. The Morgan fingerprint density at radius 3 is 2.85 bits per heavy atom. The number of furan rings is 1. The molecule has 0 radical (unpaired) electrons. The Kier molecular flexibility index (Phi) is 2.40. The van der Waals surface area contributed by atoms with E-state index in [4.69, 9.17) is 4.42 Å². The summed E-state index contributed by atoms with van der Waals surface area (Å²) >= 11 is 0. The first-order chi connectivity index (χ1) is 6.25. The van der Waals surface area contributed by atoms with Crippen LogP contribution in [0, 0.1) is 11.8 Å². The van der Waals surface area contributed by atoms with E-state index in [1.165, 1.54) is 18.7 Å². The highest BCUT2D eigenvalue weighted by Crippen LogP contribution is 2.24. The van der Waals surface area contributed by atoms with E-state index in [0.717, 1.165) is 18.4 Å². The predicted molar refractivity (Wildman–Crippen MR) is 52.3 cm³/mol. The topological polar surface area (TPSA) is 16.4 Å². The van der Waals surface area contributed by atoms with Gasteiger partial charge in [-0.3, -0.25) is 4.90 Å². The Hall–Kier alpha value is -0.760. The van der Waals surface area contributed by atoms with Gasteiger partial charge in [-0.15, -0.1) is 0 Å². The van der Waals surface area contributed by atoms with Crippen molar-refractivity contribution < 1.29 is 4.42 Å². The molecular weight excluding hydrogens is 162 g/mol. The molecule has 0 aromatic carbocycles. The molecular formula is C11H17NO. The second-order valence-electron chi connectivity index (χ2n) is 4.33. The summed E-state index contributed by atoms with van der Waals surface area (Å²) < 4.78 is 5.03. The monoisotopic (exact) mass is 179 g/mol. The molecule has 0 aliphatic carbocycles. The molecule has 0 bridgehead atoms. The van der Waals surface area contributed by atoms with Gasteiger partial charge in [0.2, 0.25) is 0 Å². The molecule has 1 aromatic rings. The standard InChI is InChI=1S/C11H17NO/c1-9(2)11-6-12(7-11)5-10-3-4-13-8-10/h3-4,8-9,11H,5-7H2,1-2H3. The van der Waals surface area contributed by atoms with E-state index in [-0.39, 0.29) is 0 Å². The van der Waals surface area contributed by atoms with E-state index in [1.54, 1.807) is 6.26 Å². The molecule has 1 aliphatic rings. The lowest BCUT2D eigenvalue weighted by Gasteiger charge is -2.41. The maximum atomic E-state index is 5.03. The highest BCUT2D eigenvalue weighted by Gasteiger charge is 2.28. The van der Waals surface area contributed by atoms with Crippen LogP contribution < -0.4 is 0 Å². The van der Waals surface area contributed by atoms with Crippen molar-refractivity contribution >= 4 is 0 Å². The predicted octanol–water partition coefficient (Wildman–Crippen LogP) is 2.37. The van der Waals surface area contributed by atoms with Crippen molar-refractivity contribution in [3.05, 3.63) is 24.2 Å². The van der Waals surface area contributed by atoms with Gasteiger partial charge in [-0.05, 0) is 17.9 Å². The average molecular weight is 179 g/mol. The molecule has 0 spiro atoms. The molecule has 1 aromatic heterocycles. The third-order valence-corrected chi connectivity index (χ3v) is 2.91. The SMILES string of the molecule is CC(C)C1CN(Cc2ccoc2)C1. The van der Waals surface area contributed by atoms with Crippen LogP contribution in [0.1, 0.15) is 19.4 Å². The Bertz CT molecular complexity index is 247. The number of rotatable bonds is 3. The molecule has 2 heterocycles. The molecule has 1 aliphatic heterocycles. The largest absolute Gasteiger partial charge is 0.472 e. The maximum absolute atomic E-state index is 5.03. The van der Waals surface area contributed by atoms with E-state index in [9.17, 15) is 0 Å². The van der Waals surface area contributed by atoms with Gasteiger partial charge in [0, 0.05) is 25.2 Å². The Balaban J connectivity index is 1.76. The van der Waals surface area contributed by atoms with Crippen LogP contribution in [0.5, 0.6) is 0 Å². The van der Waals surface area contributed by atoms with Crippen LogP contribution in [0.15, 0.2) is 23.0 Å². The summed E-state index contributed by atoms with van der Waals surface area (Å²) in [7, 11) is 0. The van der Waals surface area contributed by atoms with Gasteiger partial charge in [0.25, 0.3) is 0 Å². The van der Waals surface area contributed by atoms with E-state index >= 15 is 0 Å². The highest BCUT2D eigenvalue weighted by atomic mass is 16.3. The van der Waals surface area contributed by atoms with Gasteiger partial charge in [0.05, 0.1) is 12.5 Å². The number of hydrogen-bond acceptors (Lipinski definition) is 2.